The summed E-state index contributed by atoms with van der Waals surface area (Å²) in [5.74, 6) is -4.38. The van der Waals surface area contributed by atoms with Gasteiger partial charge in [-0.25, -0.2) is 9.59 Å². The Bertz CT molecular complexity index is 1880. The number of aliphatic carboxylic acids is 1. The van der Waals surface area contributed by atoms with Gasteiger partial charge < -0.3 is 45.1 Å². The maximum Gasteiger partial charge on any atom is 0.410 e. The molecule has 65 heavy (non-hydrogen) atoms. The lowest BCUT2D eigenvalue weighted by molar-refractivity contribution is -0.148. The van der Waals surface area contributed by atoms with Gasteiger partial charge in [0.15, 0.2) is 0 Å². The highest BCUT2D eigenvalue weighted by Gasteiger charge is 2.44. The average Bonchev–Trinajstić information content (AvgIpc) is 3.77. The van der Waals surface area contributed by atoms with Crippen LogP contribution in [0.1, 0.15) is 85.3 Å². The molecule has 1 fully saturated rings. The molecule has 0 aliphatic carbocycles. The van der Waals surface area contributed by atoms with Gasteiger partial charge in [0.1, 0.15) is 24.7 Å². The number of methoxy groups -OCH3 is 2. The second-order valence-electron chi connectivity index (χ2n) is 17.8. The quantitative estimate of drug-likeness (QED) is 0.0954. The van der Waals surface area contributed by atoms with E-state index >= 15 is 0 Å². The molecule has 1 saturated heterocycles. The van der Waals surface area contributed by atoms with Crippen LogP contribution in [0.2, 0.25) is 0 Å². The van der Waals surface area contributed by atoms with Crippen molar-refractivity contribution >= 4 is 41.4 Å². The summed E-state index contributed by atoms with van der Waals surface area (Å²) in [6.07, 6.45) is 1.32. The maximum absolute atomic E-state index is 14.6. The molecule has 1 aliphatic heterocycles. The number of likely N-dealkylation sites (tertiary alicyclic amines) is 1. The van der Waals surface area contributed by atoms with Gasteiger partial charge in [-0.1, -0.05) is 104 Å². The van der Waals surface area contributed by atoms with Crippen molar-refractivity contribution < 1.29 is 48.1 Å². The standard InChI is InChI=1S/C49H74N6O10/c1-13-32(7)43(53(9)47(59)41(30(3)4)52-46(58)42(31(5)6)54(10)49(62)65-29-35-22-24-36(25-23-35)50-14-2)39(63-11)28-40(56)55-26-18-21-38(55)44(64-12)33(8)45(57)51-37(48(60)61)27-34-19-16-15-17-20-34/h14-17,19-20,22-25,30-33,37-39,41-44,50H,2,13,18,21,26-29H2,1,3-12H3,(H,51,57)(H,52,58)(H,60,61)/t32-,33+,37-,38-,39+,41-,42-,43-,44+/m0/s1. The molecule has 0 bridgehead atoms. The Morgan fingerprint density at radius 2 is 1.51 bits per heavy atom. The van der Waals surface area contributed by atoms with Gasteiger partial charge in [0.2, 0.25) is 23.6 Å². The summed E-state index contributed by atoms with van der Waals surface area (Å²) in [5.41, 5.74) is 2.36. The number of carbonyl (C=O) groups is 6. The van der Waals surface area contributed by atoms with Crippen molar-refractivity contribution in [3.05, 3.63) is 78.5 Å². The first kappa shape index (κ1) is 53.9. The van der Waals surface area contributed by atoms with Crippen LogP contribution in [0.4, 0.5) is 10.5 Å². The SMILES string of the molecule is C=CNc1ccc(COC(=O)N(C)[C@H](C(=O)N[C@H](C(=O)N(C)[C@@H]([C@@H](C)CC)[C@@H](CC(=O)N2CCC[C@H]2[C@H](OC)[C@@H](C)C(=O)N[C@@H](Cc2ccccc2)C(=O)O)OC)C(C)C)C(C)C)cc1. The molecule has 0 aromatic heterocycles. The van der Waals surface area contributed by atoms with E-state index in [1.54, 1.807) is 54.2 Å². The van der Waals surface area contributed by atoms with Crippen LogP contribution in [0.3, 0.4) is 0 Å². The molecule has 2 aromatic carbocycles. The molecular weight excluding hydrogens is 833 g/mol. The number of carboxylic acids is 1. The van der Waals surface area contributed by atoms with E-state index < -0.39 is 72.2 Å². The summed E-state index contributed by atoms with van der Waals surface area (Å²) in [5, 5.41) is 18.5. The van der Waals surface area contributed by atoms with Gasteiger partial charge in [0.05, 0.1) is 36.6 Å². The smallest absolute Gasteiger partial charge is 0.410 e. The molecule has 9 atom stereocenters. The highest BCUT2D eigenvalue weighted by Crippen LogP contribution is 2.30. The van der Waals surface area contributed by atoms with Crippen LogP contribution in [-0.4, -0.2) is 133 Å². The largest absolute Gasteiger partial charge is 0.480 e. The summed E-state index contributed by atoms with van der Waals surface area (Å²) in [6, 6.07) is 12.2. The number of carboxylic acid groups (broad SMARTS) is 1. The Labute approximate surface area is 385 Å². The summed E-state index contributed by atoms with van der Waals surface area (Å²) in [4.78, 5) is 86.5. The van der Waals surface area contributed by atoms with Crippen LogP contribution in [0.15, 0.2) is 67.4 Å². The summed E-state index contributed by atoms with van der Waals surface area (Å²) in [6.45, 7) is 17.0. The molecule has 4 N–H and O–H groups in total. The highest BCUT2D eigenvalue weighted by molar-refractivity contribution is 5.92. The molecule has 0 unspecified atom stereocenters. The second kappa shape index (κ2) is 25.9. The number of anilines is 1. The van der Waals surface area contributed by atoms with Gasteiger partial charge in [-0.15, -0.1) is 0 Å². The number of ether oxygens (including phenoxy) is 3. The van der Waals surface area contributed by atoms with E-state index in [0.29, 0.717) is 25.8 Å². The first-order valence-electron chi connectivity index (χ1n) is 22.7. The minimum Gasteiger partial charge on any atom is -0.480 e. The van der Waals surface area contributed by atoms with Gasteiger partial charge in [-0.3, -0.25) is 24.1 Å². The number of hydrogen-bond acceptors (Lipinski definition) is 10. The number of hydrogen-bond donors (Lipinski definition) is 4. The fourth-order valence-electron chi connectivity index (χ4n) is 8.73. The zero-order valence-electron chi connectivity index (χ0n) is 40.2. The Morgan fingerprint density at radius 3 is 2.05 bits per heavy atom. The van der Waals surface area contributed by atoms with Crippen LogP contribution in [0.5, 0.6) is 0 Å². The summed E-state index contributed by atoms with van der Waals surface area (Å²) >= 11 is 0. The van der Waals surface area contributed by atoms with Crippen molar-refractivity contribution in [1.82, 2.24) is 25.3 Å². The molecular formula is C49H74N6O10. The molecule has 1 aliphatic rings. The molecule has 5 amide bonds. The molecule has 0 radical (unpaired) electrons. The second-order valence-corrected chi connectivity index (χ2v) is 17.8. The molecule has 360 valence electrons. The average molecular weight is 907 g/mol. The lowest BCUT2D eigenvalue weighted by atomic mass is 9.89. The third-order valence-corrected chi connectivity index (χ3v) is 12.6. The number of amides is 5. The molecule has 0 spiro atoms. The fraction of sp³-hybridized carbons (Fsp3) is 0.592. The first-order valence-corrected chi connectivity index (χ1v) is 22.7. The van der Waals surface area contributed by atoms with Gasteiger partial charge in [-0.2, -0.15) is 0 Å². The third-order valence-electron chi connectivity index (χ3n) is 12.6. The topological polar surface area (TPSA) is 196 Å². The van der Waals surface area contributed by atoms with Crippen molar-refractivity contribution in [1.29, 1.82) is 0 Å². The summed E-state index contributed by atoms with van der Waals surface area (Å²) < 4.78 is 17.5. The molecule has 2 aromatic rings. The third kappa shape index (κ3) is 14.8. The van der Waals surface area contributed by atoms with E-state index in [-0.39, 0.29) is 49.0 Å². The monoisotopic (exact) mass is 907 g/mol. The number of likely N-dealkylation sites (N-methyl/N-ethyl adjacent to an activating group) is 2. The predicted octanol–water partition coefficient (Wildman–Crippen LogP) is 5.71. The minimum atomic E-state index is -1.16. The minimum absolute atomic E-state index is 0.00570. The van der Waals surface area contributed by atoms with Crippen LogP contribution < -0.4 is 16.0 Å². The van der Waals surface area contributed by atoms with E-state index in [0.717, 1.165) is 16.8 Å². The van der Waals surface area contributed by atoms with E-state index in [2.05, 4.69) is 22.5 Å². The van der Waals surface area contributed by atoms with Gasteiger partial charge >= 0.3 is 12.1 Å². The van der Waals surface area contributed by atoms with E-state index in [1.807, 2.05) is 71.9 Å². The van der Waals surface area contributed by atoms with E-state index in [1.165, 1.54) is 26.2 Å². The van der Waals surface area contributed by atoms with Gasteiger partial charge in [0, 0.05) is 47.0 Å². The lowest BCUT2D eigenvalue weighted by Gasteiger charge is -2.41. The molecule has 1 heterocycles. The normalized spacial score (nSPS) is 17.4. The number of carbonyl (C=O) groups excluding carboxylic acids is 5. The van der Waals surface area contributed by atoms with Crippen molar-refractivity contribution in [3.8, 4) is 0 Å². The van der Waals surface area contributed by atoms with Crippen LogP contribution in [0, 0.1) is 23.7 Å². The van der Waals surface area contributed by atoms with Crippen LogP contribution >= 0.6 is 0 Å². The number of nitrogens with one attached hydrogen (secondary N) is 3. The zero-order chi connectivity index (χ0) is 48.5. The molecule has 16 heteroatoms. The van der Waals surface area contributed by atoms with Gasteiger partial charge in [-0.05, 0) is 60.1 Å². The Kier molecular flexibility index (Phi) is 21.4. The highest BCUT2D eigenvalue weighted by atomic mass is 16.6. The van der Waals surface area contributed by atoms with Crippen molar-refractivity contribution in [2.45, 2.75) is 130 Å². The number of benzene rings is 2. The lowest BCUT2D eigenvalue weighted by Crippen LogP contribution is -2.60. The van der Waals surface area contributed by atoms with Crippen LogP contribution in [0.25, 0.3) is 0 Å². The Balaban J connectivity index is 1.76. The van der Waals surface area contributed by atoms with Crippen molar-refractivity contribution in [2.24, 2.45) is 23.7 Å². The fourth-order valence-corrected chi connectivity index (χ4v) is 8.73. The molecule has 3 rings (SSSR count). The Hall–Kier alpha value is -5.48. The molecule has 16 nitrogen and oxygen atoms in total. The zero-order valence-corrected chi connectivity index (χ0v) is 40.2. The number of rotatable bonds is 25. The van der Waals surface area contributed by atoms with Crippen LogP contribution in [-0.2, 0) is 51.2 Å². The molecule has 0 saturated carbocycles. The maximum atomic E-state index is 14.6. The van der Waals surface area contributed by atoms with E-state index in [4.69, 9.17) is 14.2 Å². The van der Waals surface area contributed by atoms with Crippen molar-refractivity contribution in [2.75, 3.05) is 40.2 Å². The summed E-state index contributed by atoms with van der Waals surface area (Å²) in [7, 11) is 6.14. The van der Waals surface area contributed by atoms with Gasteiger partial charge in [0.25, 0.3) is 0 Å². The number of nitrogens with zero attached hydrogens (tertiary/aromatic N) is 3. The Morgan fingerprint density at radius 1 is 0.862 bits per heavy atom. The predicted molar refractivity (Wildman–Crippen MR) is 249 cm³/mol. The first-order chi connectivity index (χ1) is 30.8. The van der Waals surface area contributed by atoms with E-state index in [9.17, 15) is 33.9 Å². The van der Waals surface area contributed by atoms with Crippen molar-refractivity contribution in [3.63, 3.8) is 0 Å².